The Morgan fingerprint density at radius 3 is 2.63 bits per heavy atom. The molecule has 1 aromatic carbocycles. The molecule has 1 aliphatic rings. The number of esters is 1. The minimum Gasteiger partial charge on any atom is -0.496 e. The number of hydrogen-bond acceptors (Lipinski definition) is 6. The molecule has 1 heterocycles. The molecule has 1 aromatic rings. The van der Waals surface area contributed by atoms with Crippen molar-refractivity contribution in [1.82, 2.24) is 4.90 Å². The van der Waals surface area contributed by atoms with Gasteiger partial charge in [0.1, 0.15) is 11.3 Å². The lowest BCUT2D eigenvalue weighted by molar-refractivity contribution is -0.138. The van der Waals surface area contributed by atoms with Crippen LogP contribution in [0, 0.1) is 0 Å². The molecule has 1 saturated heterocycles. The molecule has 9 heteroatoms. The van der Waals surface area contributed by atoms with E-state index in [9.17, 15) is 18.0 Å². The fraction of sp³-hybridized carbons (Fsp3) is 0.556. The third-order valence-electron chi connectivity index (χ3n) is 4.66. The standard InChI is InChI=1S/C18H24ClNO6S/c1-4-12(2)20(14-7-8-27(23,24)11-14)17(21)10-26-18(22)15-9-13(19)5-6-16(15)25-3/h5-6,9,12,14H,4,7-8,10-11H2,1-3H3/t12-,14+/m0/s1. The van der Waals surface area contributed by atoms with Gasteiger partial charge in [0.2, 0.25) is 0 Å². The second-order valence-electron chi connectivity index (χ2n) is 6.54. The van der Waals surface area contributed by atoms with Gasteiger partial charge in [0, 0.05) is 17.1 Å². The molecule has 150 valence electrons. The molecule has 1 amide bonds. The molecule has 1 aliphatic heterocycles. The van der Waals surface area contributed by atoms with Crippen molar-refractivity contribution in [3.63, 3.8) is 0 Å². The van der Waals surface area contributed by atoms with Crippen LogP contribution in [-0.2, 0) is 19.4 Å². The number of methoxy groups -OCH3 is 1. The highest BCUT2D eigenvalue weighted by molar-refractivity contribution is 7.91. The van der Waals surface area contributed by atoms with Crippen LogP contribution < -0.4 is 4.74 Å². The van der Waals surface area contributed by atoms with Gasteiger partial charge in [0.05, 0.1) is 18.6 Å². The van der Waals surface area contributed by atoms with Gasteiger partial charge in [0.15, 0.2) is 16.4 Å². The first kappa shape index (κ1) is 21.5. The van der Waals surface area contributed by atoms with E-state index in [0.29, 0.717) is 17.9 Å². The summed E-state index contributed by atoms with van der Waals surface area (Å²) in [6.07, 6.45) is 1.06. The molecule has 0 bridgehead atoms. The van der Waals surface area contributed by atoms with Gasteiger partial charge < -0.3 is 14.4 Å². The second kappa shape index (κ2) is 8.93. The molecule has 0 radical (unpaired) electrons. The van der Waals surface area contributed by atoms with Gasteiger partial charge in [-0.2, -0.15) is 0 Å². The first-order valence-corrected chi connectivity index (χ1v) is 10.9. The summed E-state index contributed by atoms with van der Waals surface area (Å²) >= 11 is 5.91. The summed E-state index contributed by atoms with van der Waals surface area (Å²) in [7, 11) is -1.72. The highest BCUT2D eigenvalue weighted by atomic mass is 35.5. The van der Waals surface area contributed by atoms with Crippen LogP contribution >= 0.6 is 11.6 Å². The van der Waals surface area contributed by atoms with Crippen LogP contribution in [0.4, 0.5) is 0 Å². The molecular formula is C18H24ClNO6S. The van der Waals surface area contributed by atoms with Crippen molar-refractivity contribution in [1.29, 1.82) is 0 Å². The van der Waals surface area contributed by atoms with E-state index < -0.39 is 34.4 Å². The minimum absolute atomic E-state index is 0.0564. The van der Waals surface area contributed by atoms with Gasteiger partial charge in [-0.25, -0.2) is 13.2 Å². The van der Waals surface area contributed by atoms with E-state index in [2.05, 4.69) is 0 Å². The fourth-order valence-corrected chi connectivity index (χ4v) is 5.00. The van der Waals surface area contributed by atoms with E-state index in [1.54, 1.807) is 6.07 Å². The summed E-state index contributed by atoms with van der Waals surface area (Å²) < 4.78 is 33.8. The lowest BCUT2D eigenvalue weighted by Gasteiger charge is -2.33. The molecule has 1 fully saturated rings. The average Bonchev–Trinajstić information content (AvgIpc) is 2.98. The summed E-state index contributed by atoms with van der Waals surface area (Å²) in [6.45, 7) is 3.29. The van der Waals surface area contributed by atoms with Gasteiger partial charge in [-0.1, -0.05) is 18.5 Å². The average molecular weight is 418 g/mol. The van der Waals surface area contributed by atoms with Crippen LogP contribution in [0.2, 0.25) is 5.02 Å². The Bertz CT molecular complexity index is 810. The van der Waals surface area contributed by atoms with Crippen molar-refractivity contribution in [2.75, 3.05) is 25.2 Å². The third kappa shape index (κ3) is 5.35. The number of ether oxygens (including phenoxy) is 2. The van der Waals surface area contributed by atoms with Crippen molar-refractivity contribution in [2.45, 2.75) is 38.8 Å². The Kier molecular flexibility index (Phi) is 7.11. The van der Waals surface area contributed by atoms with Crippen LogP contribution in [0.3, 0.4) is 0 Å². The summed E-state index contributed by atoms with van der Waals surface area (Å²) in [5, 5.41) is 0.339. The highest BCUT2D eigenvalue weighted by Crippen LogP contribution is 2.24. The van der Waals surface area contributed by atoms with Crippen molar-refractivity contribution in [3.05, 3.63) is 28.8 Å². The van der Waals surface area contributed by atoms with Crippen molar-refractivity contribution >= 4 is 33.3 Å². The maximum absolute atomic E-state index is 12.7. The van der Waals surface area contributed by atoms with Crippen molar-refractivity contribution < 1.29 is 27.5 Å². The van der Waals surface area contributed by atoms with E-state index in [0.717, 1.165) is 0 Å². The number of benzene rings is 1. The minimum atomic E-state index is -3.14. The summed E-state index contributed by atoms with van der Waals surface area (Å²) in [4.78, 5) is 26.6. The number of carbonyl (C=O) groups excluding carboxylic acids is 2. The van der Waals surface area contributed by atoms with Gasteiger partial charge in [-0.3, -0.25) is 4.79 Å². The first-order chi connectivity index (χ1) is 12.7. The van der Waals surface area contributed by atoms with Crippen molar-refractivity contribution in [3.8, 4) is 5.75 Å². The van der Waals surface area contributed by atoms with Gasteiger partial charge >= 0.3 is 5.97 Å². The zero-order valence-electron chi connectivity index (χ0n) is 15.6. The molecule has 27 heavy (non-hydrogen) atoms. The third-order valence-corrected chi connectivity index (χ3v) is 6.65. The number of sulfone groups is 1. The van der Waals surface area contributed by atoms with Crippen LogP contribution in [0.15, 0.2) is 18.2 Å². The first-order valence-electron chi connectivity index (χ1n) is 8.70. The molecule has 7 nitrogen and oxygen atoms in total. The van der Waals surface area contributed by atoms with E-state index in [1.807, 2.05) is 13.8 Å². The van der Waals surface area contributed by atoms with Crippen LogP contribution in [0.25, 0.3) is 0 Å². The van der Waals surface area contributed by atoms with E-state index >= 15 is 0 Å². The van der Waals surface area contributed by atoms with Gasteiger partial charge in [0.25, 0.3) is 5.91 Å². The van der Waals surface area contributed by atoms with Crippen LogP contribution in [0.1, 0.15) is 37.0 Å². The predicted molar refractivity (Wildman–Crippen MR) is 102 cm³/mol. The zero-order chi connectivity index (χ0) is 20.2. The number of amides is 1. The quantitative estimate of drug-likeness (QED) is 0.632. The Balaban J connectivity index is 2.09. The van der Waals surface area contributed by atoms with Crippen molar-refractivity contribution in [2.24, 2.45) is 0 Å². The summed E-state index contributed by atoms with van der Waals surface area (Å²) in [5.41, 5.74) is 0.122. The SMILES string of the molecule is CC[C@H](C)N(C(=O)COC(=O)c1cc(Cl)ccc1OC)[C@@H]1CCS(=O)(=O)C1. The Hall–Kier alpha value is -1.80. The van der Waals surface area contributed by atoms with Crippen LogP contribution in [0.5, 0.6) is 5.75 Å². The van der Waals surface area contributed by atoms with E-state index in [4.69, 9.17) is 21.1 Å². The molecule has 0 unspecified atom stereocenters. The number of halogens is 1. The van der Waals surface area contributed by atoms with Gasteiger partial charge in [-0.15, -0.1) is 0 Å². The molecule has 2 rings (SSSR count). The Morgan fingerprint density at radius 1 is 1.37 bits per heavy atom. The highest BCUT2D eigenvalue weighted by Gasteiger charge is 2.36. The lowest BCUT2D eigenvalue weighted by Crippen LogP contribution is -2.48. The second-order valence-corrected chi connectivity index (χ2v) is 9.20. The molecule has 0 spiro atoms. The fourth-order valence-electron chi connectivity index (χ4n) is 3.12. The molecule has 0 aromatic heterocycles. The topological polar surface area (TPSA) is 90.0 Å². The molecule has 0 saturated carbocycles. The number of carbonyl (C=O) groups is 2. The summed E-state index contributed by atoms with van der Waals surface area (Å²) in [6, 6.07) is 3.97. The largest absolute Gasteiger partial charge is 0.496 e. The normalized spacial score (nSPS) is 19.3. The van der Waals surface area contributed by atoms with Crippen LogP contribution in [-0.4, -0.2) is 62.5 Å². The molecule has 0 N–H and O–H groups in total. The Labute approximate surface area is 164 Å². The Morgan fingerprint density at radius 2 is 2.07 bits per heavy atom. The molecule has 2 atom stereocenters. The summed E-state index contributed by atoms with van der Waals surface area (Å²) in [5.74, 6) is -0.847. The van der Waals surface area contributed by atoms with E-state index in [1.165, 1.54) is 24.1 Å². The maximum Gasteiger partial charge on any atom is 0.342 e. The number of nitrogens with zero attached hydrogens (tertiary/aromatic N) is 1. The predicted octanol–water partition coefficient (Wildman–Crippen LogP) is 2.32. The van der Waals surface area contributed by atoms with E-state index in [-0.39, 0.29) is 28.9 Å². The monoisotopic (exact) mass is 417 g/mol. The smallest absolute Gasteiger partial charge is 0.342 e. The molecular weight excluding hydrogens is 394 g/mol. The number of hydrogen-bond donors (Lipinski definition) is 0. The zero-order valence-corrected chi connectivity index (χ0v) is 17.2. The maximum atomic E-state index is 12.7. The van der Waals surface area contributed by atoms with Gasteiger partial charge in [-0.05, 0) is 38.0 Å². The molecule has 0 aliphatic carbocycles. The lowest BCUT2D eigenvalue weighted by atomic mass is 10.1. The number of rotatable bonds is 7.